The first-order valence-corrected chi connectivity index (χ1v) is 9.89. The molecule has 0 bridgehead atoms. The van der Waals surface area contributed by atoms with Gasteiger partial charge in [-0.25, -0.2) is 17.5 Å². The van der Waals surface area contributed by atoms with E-state index < -0.39 is 15.6 Å². The summed E-state index contributed by atoms with van der Waals surface area (Å²) in [4.78, 5) is 0.330. The normalized spacial score (nSPS) is 18.9. The third kappa shape index (κ3) is 2.87. The van der Waals surface area contributed by atoms with E-state index in [0.717, 1.165) is 43.2 Å². The minimum absolute atomic E-state index is 0.313. The lowest BCUT2D eigenvalue weighted by atomic mass is 9.92. The van der Waals surface area contributed by atoms with Crippen molar-refractivity contribution in [2.75, 3.05) is 0 Å². The molecule has 126 valence electrons. The van der Waals surface area contributed by atoms with Crippen LogP contribution in [-0.4, -0.2) is 8.42 Å². The fourth-order valence-corrected chi connectivity index (χ4v) is 5.04. The van der Waals surface area contributed by atoms with Gasteiger partial charge in [0.2, 0.25) is 10.0 Å². The van der Waals surface area contributed by atoms with Crippen LogP contribution >= 0.6 is 0 Å². The van der Waals surface area contributed by atoms with Crippen molar-refractivity contribution in [3.63, 3.8) is 0 Å². The largest absolute Gasteiger partial charge is 0.241 e. The third-order valence-corrected chi connectivity index (χ3v) is 6.64. The number of aryl methyl sites for hydroxylation is 2. The summed E-state index contributed by atoms with van der Waals surface area (Å²) in [6.45, 7) is 0. The van der Waals surface area contributed by atoms with Gasteiger partial charge in [0.05, 0.1) is 10.4 Å². The minimum Gasteiger partial charge on any atom is -0.207 e. The van der Waals surface area contributed by atoms with Crippen LogP contribution in [0.25, 0.3) is 0 Å². The average molecular weight is 345 g/mol. The van der Waals surface area contributed by atoms with Crippen molar-refractivity contribution in [1.29, 1.82) is 0 Å². The number of fused-ring (bicyclic) bond motifs is 1. The maximum absolute atomic E-state index is 13.1. The molecule has 5 heteroatoms. The van der Waals surface area contributed by atoms with Crippen molar-refractivity contribution >= 4 is 10.0 Å². The zero-order valence-corrected chi connectivity index (χ0v) is 14.2. The van der Waals surface area contributed by atoms with Crippen LogP contribution in [0.2, 0.25) is 0 Å². The molecule has 0 aliphatic heterocycles. The molecule has 1 N–H and O–H groups in total. The zero-order valence-electron chi connectivity index (χ0n) is 13.4. The standard InChI is InChI=1S/C19H20FNO2S/c20-17-8-6-16(7-9-17)19(11-12-19)21-24(22,23)18-10-5-14-3-1-2-4-15(14)13-18/h5-10,13,21H,1-4,11-12H2. The maximum Gasteiger partial charge on any atom is 0.241 e. The summed E-state index contributed by atoms with van der Waals surface area (Å²) in [6.07, 6.45) is 5.74. The Morgan fingerprint density at radius 3 is 2.25 bits per heavy atom. The Kier molecular flexibility index (Phi) is 3.73. The van der Waals surface area contributed by atoms with Gasteiger partial charge in [-0.15, -0.1) is 0 Å². The van der Waals surface area contributed by atoms with Gasteiger partial charge in [-0.3, -0.25) is 0 Å². The van der Waals surface area contributed by atoms with Crippen molar-refractivity contribution in [1.82, 2.24) is 4.72 Å². The third-order valence-electron chi connectivity index (χ3n) is 5.11. The molecule has 0 atom stereocenters. The summed E-state index contributed by atoms with van der Waals surface area (Å²) in [5, 5.41) is 0. The summed E-state index contributed by atoms with van der Waals surface area (Å²) in [6, 6.07) is 11.5. The van der Waals surface area contributed by atoms with Crippen molar-refractivity contribution in [2.24, 2.45) is 0 Å². The Bertz CT molecular complexity index is 871. The maximum atomic E-state index is 13.1. The zero-order chi connectivity index (χ0) is 16.8. The van der Waals surface area contributed by atoms with Gasteiger partial charge in [0.15, 0.2) is 0 Å². The van der Waals surface area contributed by atoms with Crippen molar-refractivity contribution in [3.8, 4) is 0 Å². The second kappa shape index (κ2) is 5.67. The first-order valence-electron chi connectivity index (χ1n) is 8.40. The summed E-state index contributed by atoms with van der Waals surface area (Å²) < 4.78 is 41.6. The molecule has 2 aliphatic rings. The summed E-state index contributed by atoms with van der Waals surface area (Å²) in [5.41, 5.74) is 2.66. The lowest BCUT2D eigenvalue weighted by Gasteiger charge is -2.20. The van der Waals surface area contributed by atoms with Gasteiger partial charge in [-0.05, 0) is 79.5 Å². The Hall–Kier alpha value is -1.72. The number of nitrogens with one attached hydrogen (secondary N) is 1. The Morgan fingerprint density at radius 2 is 1.58 bits per heavy atom. The van der Waals surface area contributed by atoms with E-state index in [2.05, 4.69) is 4.72 Å². The predicted octanol–water partition coefficient (Wildman–Crippen LogP) is 3.67. The van der Waals surface area contributed by atoms with E-state index in [9.17, 15) is 12.8 Å². The topological polar surface area (TPSA) is 46.2 Å². The second-order valence-electron chi connectivity index (χ2n) is 6.83. The highest BCUT2D eigenvalue weighted by Gasteiger charge is 2.47. The molecule has 0 radical (unpaired) electrons. The molecule has 0 spiro atoms. The van der Waals surface area contributed by atoms with Crippen LogP contribution in [0, 0.1) is 5.82 Å². The summed E-state index contributed by atoms with van der Waals surface area (Å²) >= 11 is 0. The van der Waals surface area contributed by atoms with E-state index in [4.69, 9.17) is 0 Å². The monoisotopic (exact) mass is 345 g/mol. The first-order chi connectivity index (χ1) is 11.5. The number of halogens is 1. The van der Waals surface area contributed by atoms with Crippen LogP contribution in [0.5, 0.6) is 0 Å². The Morgan fingerprint density at radius 1 is 0.917 bits per heavy atom. The number of sulfonamides is 1. The Balaban J connectivity index is 1.62. The molecule has 0 amide bonds. The minimum atomic E-state index is -3.59. The summed E-state index contributed by atoms with van der Waals surface area (Å²) in [5.74, 6) is -0.313. The van der Waals surface area contributed by atoms with Crippen molar-refractivity contribution < 1.29 is 12.8 Å². The molecule has 3 nitrogen and oxygen atoms in total. The van der Waals surface area contributed by atoms with Crippen molar-refractivity contribution in [2.45, 2.75) is 49.0 Å². The molecule has 0 heterocycles. The molecule has 2 aromatic carbocycles. The van der Waals surface area contributed by atoms with Crippen LogP contribution in [0.15, 0.2) is 47.4 Å². The number of rotatable bonds is 4. The van der Waals surface area contributed by atoms with E-state index in [0.29, 0.717) is 4.90 Å². The molecule has 0 unspecified atom stereocenters. The van der Waals surface area contributed by atoms with Crippen LogP contribution < -0.4 is 4.72 Å². The van der Waals surface area contributed by atoms with E-state index in [-0.39, 0.29) is 5.82 Å². The lowest BCUT2D eigenvalue weighted by Crippen LogP contribution is -2.35. The predicted molar refractivity (Wildman–Crippen MR) is 90.7 cm³/mol. The second-order valence-corrected chi connectivity index (χ2v) is 8.51. The van der Waals surface area contributed by atoms with Gasteiger partial charge in [0.1, 0.15) is 5.82 Å². The molecule has 2 aromatic rings. The molecule has 0 aromatic heterocycles. The highest BCUT2D eigenvalue weighted by molar-refractivity contribution is 7.89. The quantitative estimate of drug-likeness (QED) is 0.919. The molecular weight excluding hydrogens is 325 g/mol. The van der Waals surface area contributed by atoms with Crippen LogP contribution in [0.3, 0.4) is 0 Å². The van der Waals surface area contributed by atoms with Crippen LogP contribution in [-0.2, 0) is 28.4 Å². The Labute approximate surface area is 142 Å². The smallest absolute Gasteiger partial charge is 0.207 e. The van der Waals surface area contributed by atoms with Gasteiger partial charge in [0.25, 0.3) is 0 Å². The molecule has 24 heavy (non-hydrogen) atoms. The number of hydrogen-bond donors (Lipinski definition) is 1. The van der Waals surface area contributed by atoms with Gasteiger partial charge < -0.3 is 0 Å². The van der Waals surface area contributed by atoms with E-state index >= 15 is 0 Å². The molecular formula is C19H20FNO2S. The molecule has 2 aliphatic carbocycles. The summed E-state index contributed by atoms with van der Waals surface area (Å²) in [7, 11) is -3.59. The average Bonchev–Trinajstić information content (AvgIpc) is 3.35. The van der Waals surface area contributed by atoms with Gasteiger partial charge in [0, 0.05) is 0 Å². The number of hydrogen-bond acceptors (Lipinski definition) is 2. The van der Waals surface area contributed by atoms with Crippen LogP contribution in [0.1, 0.15) is 42.4 Å². The molecule has 1 fully saturated rings. The van der Waals surface area contributed by atoms with Crippen LogP contribution in [0.4, 0.5) is 4.39 Å². The van der Waals surface area contributed by atoms with Crippen molar-refractivity contribution in [3.05, 3.63) is 65.0 Å². The van der Waals surface area contributed by atoms with Gasteiger partial charge in [-0.2, -0.15) is 0 Å². The van der Waals surface area contributed by atoms with E-state index in [1.54, 1.807) is 18.2 Å². The van der Waals surface area contributed by atoms with E-state index in [1.807, 2.05) is 12.1 Å². The lowest BCUT2D eigenvalue weighted by molar-refractivity contribution is 0.550. The highest BCUT2D eigenvalue weighted by Crippen LogP contribution is 2.46. The molecule has 4 rings (SSSR count). The fourth-order valence-electron chi connectivity index (χ4n) is 3.54. The molecule has 0 saturated heterocycles. The SMILES string of the molecule is O=S(=O)(NC1(c2ccc(F)cc2)CC1)c1ccc2c(c1)CCCC2. The van der Waals surface area contributed by atoms with E-state index in [1.165, 1.54) is 24.1 Å². The molecule has 1 saturated carbocycles. The van der Waals surface area contributed by atoms with Gasteiger partial charge in [-0.1, -0.05) is 18.2 Å². The first kappa shape index (κ1) is 15.8. The van der Waals surface area contributed by atoms with Gasteiger partial charge >= 0.3 is 0 Å². The highest BCUT2D eigenvalue weighted by atomic mass is 32.2. The number of benzene rings is 2. The fraction of sp³-hybridized carbons (Fsp3) is 0.368.